The van der Waals surface area contributed by atoms with Gasteiger partial charge in [-0.25, -0.2) is 4.79 Å². The molecule has 2 aromatic rings. The molecule has 8 nitrogen and oxygen atoms in total. The van der Waals surface area contributed by atoms with Gasteiger partial charge < -0.3 is 19.7 Å². The summed E-state index contributed by atoms with van der Waals surface area (Å²) in [7, 11) is 6.59. The molecule has 1 N–H and O–H groups in total. The van der Waals surface area contributed by atoms with Crippen molar-refractivity contribution in [2.45, 2.75) is 6.92 Å². The van der Waals surface area contributed by atoms with Gasteiger partial charge >= 0.3 is 5.97 Å². The first-order chi connectivity index (χ1) is 14.3. The highest BCUT2D eigenvalue weighted by molar-refractivity contribution is 7.15. The van der Waals surface area contributed by atoms with Crippen molar-refractivity contribution < 1.29 is 23.9 Å². The number of hydrogen-bond donors (Lipinski definition) is 1. The van der Waals surface area contributed by atoms with Gasteiger partial charge in [0.2, 0.25) is 11.8 Å². The highest BCUT2D eigenvalue weighted by Crippen LogP contribution is 2.36. The van der Waals surface area contributed by atoms with E-state index in [-0.39, 0.29) is 31.5 Å². The second-order valence-electron chi connectivity index (χ2n) is 6.81. The van der Waals surface area contributed by atoms with Crippen LogP contribution in [0, 0.1) is 0 Å². The molecule has 0 aliphatic carbocycles. The van der Waals surface area contributed by atoms with Crippen LogP contribution >= 0.6 is 11.3 Å². The van der Waals surface area contributed by atoms with Gasteiger partial charge in [0.1, 0.15) is 16.3 Å². The second-order valence-corrected chi connectivity index (χ2v) is 7.69. The molecular formula is C21H27N3O5S. The van der Waals surface area contributed by atoms with Gasteiger partial charge in [0.05, 0.1) is 26.8 Å². The van der Waals surface area contributed by atoms with Crippen molar-refractivity contribution in [3.05, 3.63) is 35.2 Å². The first-order valence-corrected chi connectivity index (χ1v) is 10.3. The Labute approximate surface area is 180 Å². The Kier molecular flexibility index (Phi) is 8.37. The SMILES string of the molecule is CCOC(=O)c1c(-c2ccc(OC)cc2)csc1NC(=O)CN(C)CC(=O)N(C)C. The van der Waals surface area contributed by atoms with E-state index >= 15 is 0 Å². The fourth-order valence-electron chi connectivity index (χ4n) is 2.68. The lowest BCUT2D eigenvalue weighted by Crippen LogP contribution is -2.38. The molecule has 1 aromatic heterocycles. The highest BCUT2D eigenvalue weighted by atomic mass is 32.1. The summed E-state index contributed by atoms with van der Waals surface area (Å²) < 4.78 is 10.4. The molecule has 30 heavy (non-hydrogen) atoms. The van der Waals surface area contributed by atoms with E-state index in [0.29, 0.717) is 21.9 Å². The number of anilines is 1. The van der Waals surface area contributed by atoms with Crippen LogP contribution in [-0.2, 0) is 14.3 Å². The lowest BCUT2D eigenvalue weighted by Gasteiger charge is -2.18. The van der Waals surface area contributed by atoms with Gasteiger partial charge in [-0.2, -0.15) is 0 Å². The molecule has 0 spiro atoms. The van der Waals surface area contributed by atoms with Crippen LogP contribution in [0.25, 0.3) is 11.1 Å². The van der Waals surface area contributed by atoms with Gasteiger partial charge in [-0.05, 0) is 31.7 Å². The quantitative estimate of drug-likeness (QED) is 0.612. The van der Waals surface area contributed by atoms with Crippen LogP contribution in [0.15, 0.2) is 29.6 Å². The van der Waals surface area contributed by atoms with Crippen molar-refractivity contribution in [1.82, 2.24) is 9.80 Å². The van der Waals surface area contributed by atoms with Crippen molar-refractivity contribution in [1.29, 1.82) is 0 Å². The van der Waals surface area contributed by atoms with Crippen molar-refractivity contribution >= 4 is 34.1 Å². The van der Waals surface area contributed by atoms with E-state index in [2.05, 4.69) is 5.32 Å². The number of hydrogen-bond acceptors (Lipinski definition) is 7. The predicted molar refractivity (Wildman–Crippen MR) is 117 cm³/mol. The minimum absolute atomic E-state index is 0.0115. The second kappa shape index (κ2) is 10.7. The number of esters is 1. The summed E-state index contributed by atoms with van der Waals surface area (Å²) in [6, 6.07) is 7.29. The van der Waals surface area contributed by atoms with Crippen LogP contribution in [0.1, 0.15) is 17.3 Å². The zero-order chi connectivity index (χ0) is 22.3. The monoisotopic (exact) mass is 433 g/mol. The van der Waals surface area contributed by atoms with E-state index < -0.39 is 5.97 Å². The summed E-state index contributed by atoms with van der Waals surface area (Å²) in [4.78, 5) is 40.0. The Bertz CT molecular complexity index is 893. The molecule has 0 fully saturated rings. The number of carbonyl (C=O) groups is 3. The number of rotatable bonds is 9. The maximum atomic E-state index is 12.6. The van der Waals surface area contributed by atoms with Crippen LogP contribution in [0.4, 0.5) is 5.00 Å². The van der Waals surface area contributed by atoms with Crippen LogP contribution in [0.3, 0.4) is 0 Å². The maximum Gasteiger partial charge on any atom is 0.341 e. The van der Waals surface area contributed by atoms with E-state index in [1.807, 2.05) is 17.5 Å². The third-order valence-corrected chi connectivity index (χ3v) is 5.14. The van der Waals surface area contributed by atoms with E-state index in [1.165, 1.54) is 16.2 Å². The summed E-state index contributed by atoms with van der Waals surface area (Å²) in [5.41, 5.74) is 1.80. The number of nitrogens with zero attached hydrogens (tertiary/aromatic N) is 2. The van der Waals surface area contributed by atoms with Gasteiger partial charge in [-0.1, -0.05) is 12.1 Å². The first-order valence-electron chi connectivity index (χ1n) is 9.38. The summed E-state index contributed by atoms with van der Waals surface area (Å²) in [5, 5.41) is 5.01. The van der Waals surface area contributed by atoms with Crippen molar-refractivity contribution in [2.75, 3.05) is 53.3 Å². The van der Waals surface area contributed by atoms with Gasteiger partial charge in [0, 0.05) is 25.0 Å². The number of likely N-dealkylation sites (N-methyl/N-ethyl adjacent to an activating group) is 2. The molecule has 2 rings (SSSR count). The zero-order valence-electron chi connectivity index (χ0n) is 17.9. The molecule has 162 valence electrons. The van der Waals surface area contributed by atoms with E-state index in [4.69, 9.17) is 9.47 Å². The maximum absolute atomic E-state index is 12.6. The number of ether oxygens (including phenoxy) is 2. The molecule has 1 heterocycles. The van der Waals surface area contributed by atoms with E-state index in [0.717, 1.165) is 5.56 Å². The molecule has 0 saturated heterocycles. The summed E-state index contributed by atoms with van der Waals surface area (Å²) in [5.74, 6) is -0.223. The zero-order valence-corrected chi connectivity index (χ0v) is 18.7. The van der Waals surface area contributed by atoms with Crippen LogP contribution in [-0.4, -0.2) is 75.5 Å². The fraction of sp³-hybridized carbons (Fsp3) is 0.381. The van der Waals surface area contributed by atoms with E-state index in [1.54, 1.807) is 52.2 Å². The van der Waals surface area contributed by atoms with Crippen LogP contribution in [0.2, 0.25) is 0 Å². The van der Waals surface area contributed by atoms with Crippen molar-refractivity contribution in [2.24, 2.45) is 0 Å². The Balaban J connectivity index is 2.22. The average Bonchev–Trinajstić information content (AvgIpc) is 3.11. The number of methoxy groups -OCH3 is 1. The van der Waals surface area contributed by atoms with Gasteiger partial charge in [-0.15, -0.1) is 11.3 Å². The summed E-state index contributed by atoms with van der Waals surface area (Å²) in [6.45, 7) is 2.08. The number of amides is 2. The minimum atomic E-state index is -0.504. The Hall–Kier alpha value is -2.91. The molecule has 2 amide bonds. The summed E-state index contributed by atoms with van der Waals surface area (Å²) in [6.07, 6.45) is 0. The lowest BCUT2D eigenvalue weighted by atomic mass is 10.0. The van der Waals surface area contributed by atoms with Crippen molar-refractivity contribution in [3.63, 3.8) is 0 Å². The minimum Gasteiger partial charge on any atom is -0.497 e. The number of carbonyl (C=O) groups excluding carboxylic acids is 3. The normalized spacial score (nSPS) is 10.6. The smallest absolute Gasteiger partial charge is 0.341 e. The molecule has 0 aliphatic heterocycles. The predicted octanol–water partition coefficient (Wildman–Crippen LogP) is 2.56. The van der Waals surface area contributed by atoms with Gasteiger partial charge in [0.15, 0.2) is 0 Å². The van der Waals surface area contributed by atoms with Crippen molar-refractivity contribution in [3.8, 4) is 16.9 Å². The van der Waals surface area contributed by atoms with Crippen LogP contribution in [0.5, 0.6) is 5.75 Å². The molecule has 0 aliphatic rings. The Morgan fingerprint density at radius 3 is 2.30 bits per heavy atom. The summed E-state index contributed by atoms with van der Waals surface area (Å²) >= 11 is 1.25. The molecule has 9 heteroatoms. The molecule has 0 bridgehead atoms. The third-order valence-electron chi connectivity index (χ3n) is 4.24. The molecule has 0 saturated carbocycles. The largest absolute Gasteiger partial charge is 0.497 e. The van der Waals surface area contributed by atoms with Crippen LogP contribution < -0.4 is 10.1 Å². The molecule has 0 radical (unpaired) electrons. The highest BCUT2D eigenvalue weighted by Gasteiger charge is 2.23. The Morgan fingerprint density at radius 2 is 1.73 bits per heavy atom. The standard InChI is InChI=1S/C21H27N3O5S/c1-6-29-21(27)19-16(14-7-9-15(28-5)10-8-14)13-30-20(19)22-17(25)11-24(4)12-18(26)23(2)3/h7-10,13H,6,11-12H2,1-5H3,(H,22,25). The number of nitrogens with one attached hydrogen (secondary N) is 1. The molecule has 0 atom stereocenters. The molecule has 1 aromatic carbocycles. The first kappa shape index (κ1) is 23.4. The average molecular weight is 434 g/mol. The van der Waals surface area contributed by atoms with E-state index in [9.17, 15) is 14.4 Å². The fourth-order valence-corrected chi connectivity index (χ4v) is 3.65. The molecule has 0 unspecified atom stereocenters. The van der Waals surface area contributed by atoms with Gasteiger partial charge in [-0.3, -0.25) is 14.5 Å². The topological polar surface area (TPSA) is 88.2 Å². The number of benzene rings is 1. The number of thiophene rings is 1. The van der Waals surface area contributed by atoms with Gasteiger partial charge in [0.25, 0.3) is 0 Å². The molecular weight excluding hydrogens is 406 g/mol. The lowest BCUT2D eigenvalue weighted by molar-refractivity contribution is -0.130. The third kappa shape index (κ3) is 6.04. The Morgan fingerprint density at radius 1 is 1.07 bits per heavy atom.